The highest BCUT2D eigenvalue weighted by Gasteiger charge is 2.08. The lowest BCUT2D eigenvalue weighted by atomic mass is 10.1. The van der Waals surface area contributed by atoms with Crippen LogP contribution in [0.15, 0.2) is 66.7 Å². The lowest BCUT2D eigenvalue weighted by Gasteiger charge is -2.07. The second-order valence-corrected chi connectivity index (χ2v) is 5.47. The van der Waals surface area contributed by atoms with Crippen LogP contribution in [0.4, 0.5) is 11.4 Å². The Balaban J connectivity index is 1.92. The highest BCUT2D eigenvalue weighted by molar-refractivity contribution is 6.32. The van der Waals surface area contributed by atoms with E-state index in [0.29, 0.717) is 0 Å². The molecule has 4 aromatic rings. The second kappa shape index (κ2) is 4.83. The van der Waals surface area contributed by atoms with Crippen molar-refractivity contribution >= 4 is 44.8 Å². The SMILES string of the molecule is Clc1ccc2[nH]c3c(Nc4ccccc4)cccc3c2c1. The molecule has 21 heavy (non-hydrogen) atoms. The topological polar surface area (TPSA) is 27.8 Å². The van der Waals surface area contributed by atoms with Crippen LogP contribution in [0.1, 0.15) is 0 Å². The fourth-order valence-corrected chi connectivity index (χ4v) is 2.85. The van der Waals surface area contributed by atoms with E-state index < -0.39 is 0 Å². The van der Waals surface area contributed by atoms with Gasteiger partial charge in [-0.25, -0.2) is 0 Å². The van der Waals surface area contributed by atoms with Crippen LogP contribution in [0.25, 0.3) is 21.8 Å². The Morgan fingerprint density at radius 2 is 1.67 bits per heavy atom. The number of fused-ring (bicyclic) bond motifs is 3. The molecule has 0 aliphatic carbocycles. The van der Waals surface area contributed by atoms with Crippen molar-refractivity contribution in [2.75, 3.05) is 5.32 Å². The molecule has 0 amide bonds. The largest absolute Gasteiger partial charge is 0.354 e. The number of benzene rings is 3. The van der Waals surface area contributed by atoms with E-state index >= 15 is 0 Å². The normalized spacial score (nSPS) is 11.1. The lowest BCUT2D eigenvalue weighted by Crippen LogP contribution is -1.90. The van der Waals surface area contributed by atoms with Gasteiger partial charge in [0.1, 0.15) is 0 Å². The van der Waals surface area contributed by atoms with Crippen molar-refractivity contribution in [1.82, 2.24) is 4.98 Å². The molecular formula is C18H13ClN2. The van der Waals surface area contributed by atoms with E-state index in [9.17, 15) is 0 Å². The molecule has 2 nitrogen and oxygen atoms in total. The molecule has 0 radical (unpaired) electrons. The summed E-state index contributed by atoms with van der Waals surface area (Å²) in [5, 5.41) is 6.53. The third-order valence-electron chi connectivity index (χ3n) is 3.65. The van der Waals surface area contributed by atoms with Gasteiger partial charge in [-0.3, -0.25) is 0 Å². The average Bonchev–Trinajstić information content (AvgIpc) is 2.88. The van der Waals surface area contributed by atoms with Crippen LogP contribution in [0, 0.1) is 0 Å². The van der Waals surface area contributed by atoms with E-state index in [0.717, 1.165) is 32.8 Å². The van der Waals surface area contributed by atoms with Crippen molar-refractivity contribution in [2.45, 2.75) is 0 Å². The predicted molar refractivity (Wildman–Crippen MR) is 90.5 cm³/mol. The van der Waals surface area contributed by atoms with Gasteiger partial charge in [0.15, 0.2) is 0 Å². The average molecular weight is 293 g/mol. The Morgan fingerprint density at radius 3 is 2.52 bits per heavy atom. The summed E-state index contributed by atoms with van der Waals surface area (Å²) in [5.41, 5.74) is 4.32. The van der Waals surface area contributed by atoms with Crippen LogP contribution in [0.2, 0.25) is 5.02 Å². The molecule has 0 aliphatic rings. The molecule has 2 N–H and O–H groups in total. The van der Waals surface area contributed by atoms with E-state index in [1.54, 1.807) is 0 Å². The molecule has 1 aromatic heterocycles. The minimum absolute atomic E-state index is 0.754. The molecule has 0 spiro atoms. The molecule has 0 saturated heterocycles. The minimum Gasteiger partial charge on any atom is -0.354 e. The van der Waals surface area contributed by atoms with Crippen molar-refractivity contribution in [2.24, 2.45) is 0 Å². The first-order valence-electron chi connectivity index (χ1n) is 6.83. The maximum atomic E-state index is 6.12. The summed E-state index contributed by atoms with van der Waals surface area (Å²) >= 11 is 6.12. The highest BCUT2D eigenvalue weighted by atomic mass is 35.5. The Bertz CT molecular complexity index is 926. The molecule has 0 atom stereocenters. The van der Waals surface area contributed by atoms with Crippen LogP contribution in [-0.4, -0.2) is 4.98 Å². The van der Waals surface area contributed by atoms with E-state index in [-0.39, 0.29) is 0 Å². The number of hydrogen-bond donors (Lipinski definition) is 2. The zero-order valence-electron chi connectivity index (χ0n) is 11.2. The lowest BCUT2D eigenvalue weighted by molar-refractivity contribution is 1.51. The van der Waals surface area contributed by atoms with E-state index in [4.69, 9.17) is 11.6 Å². The zero-order valence-corrected chi connectivity index (χ0v) is 12.0. The summed E-state index contributed by atoms with van der Waals surface area (Å²) < 4.78 is 0. The van der Waals surface area contributed by atoms with Gasteiger partial charge in [-0.1, -0.05) is 41.9 Å². The smallest absolute Gasteiger partial charge is 0.0704 e. The van der Waals surface area contributed by atoms with Gasteiger partial charge in [0, 0.05) is 27.0 Å². The van der Waals surface area contributed by atoms with Crippen molar-refractivity contribution in [1.29, 1.82) is 0 Å². The zero-order chi connectivity index (χ0) is 14.2. The molecule has 3 aromatic carbocycles. The third-order valence-corrected chi connectivity index (χ3v) is 3.88. The molecule has 0 fully saturated rings. The van der Waals surface area contributed by atoms with E-state index in [1.165, 1.54) is 5.39 Å². The van der Waals surface area contributed by atoms with Gasteiger partial charge >= 0.3 is 0 Å². The summed E-state index contributed by atoms with van der Waals surface area (Å²) in [4.78, 5) is 3.47. The first kappa shape index (κ1) is 12.3. The number of aromatic amines is 1. The molecule has 0 unspecified atom stereocenters. The van der Waals surface area contributed by atoms with Crippen molar-refractivity contribution in [3.8, 4) is 0 Å². The maximum absolute atomic E-state index is 6.12. The fraction of sp³-hybridized carbons (Fsp3) is 0. The number of halogens is 1. The third kappa shape index (κ3) is 2.14. The molecular weight excluding hydrogens is 280 g/mol. The monoisotopic (exact) mass is 292 g/mol. The van der Waals surface area contributed by atoms with Crippen molar-refractivity contribution in [3.05, 3.63) is 71.8 Å². The van der Waals surface area contributed by atoms with Gasteiger partial charge in [-0.05, 0) is 36.4 Å². The molecule has 0 bridgehead atoms. The molecule has 4 rings (SSSR count). The number of H-pyrrole nitrogens is 1. The van der Waals surface area contributed by atoms with Crippen LogP contribution >= 0.6 is 11.6 Å². The Kier molecular flexibility index (Phi) is 2.83. The van der Waals surface area contributed by atoms with Crippen LogP contribution in [-0.2, 0) is 0 Å². The molecule has 1 heterocycles. The summed E-state index contributed by atoms with van der Waals surface area (Å²) in [7, 11) is 0. The number of nitrogens with one attached hydrogen (secondary N) is 2. The molecule has 102 valence electrons. The number of aromatic nitrogens is 1. The maximum Gasteiger partial charge on any atom is 0.0704 e. The summed E-state index contributed by atoms with van der Waals surface area (Å²) in [6.07, 6.45) is 0. The predicted octanol–water partition coefficient (Wildman–Crippen LogP) is 5.72. The quantitative estimate of drug-likeness (QED) is 0.486. The van der Waals surface area contributed by atoms with Crippen molar-refractivity contribution < 1.29 is 0 Å². The van der Waals surface area contributed by atoms with E-state index in [1.807, 2.05) is 36.4 Å². The second-order valence-electron chi connectivity index (χ2n) is 5.03. The number of rotatable bonds is 2. The Morgan fingerprint density at radius 1 is 0.810 bits per heavy atom. The number of anilines is 2. The van der Waals surface area contributed by atoms with Gasteiger partial charge in [0.05, 0.1) is 11.2 Å². The van der Waals surface area contributed by atoms with Gasteiger partial charge < -0.3 is 10.3 Å². The summed E-state index contributed by atoms with van der Waals surface area (Å²) in [5.74, 6) is 0. The standard InChI is InChI=1S/C18H13ClN2/c19-12-9-10-16-15(11-12)14-7-4-8-17(18(14)21-16)20-13-5-2-1-3-6-13/h1-11,20-21H. The molecule has 0 aliphatic heterocycles. The van der Waals surface area contributed by atoms with Gasteiger partial charge in [-0.15, -0.1) is 0 Å². The first-order chi connectivity index (χ1) is 10.3. The number of para-hydroxylation sites is 2. The highest BCUT2D eigenvalue weighted by Crippen LogP contribution is 2.33. The summed E-state index contributed by atoms with van der Waals surface area (Å²) in [6, 6.07) is 22.3. The van der Waals surface area contributed by atoms with E-state index in [2.05, 4.69) is 40.6 Å². The van der Waals surface area contributed by atoms with Crippen molar-refractivity contribution in [3.63, 3.8) is 0 Å². The van der Waals surface area contributed by atoms with Crippen LogP contribution in [0.3, 0.4) is 0 Å². The minimum atomic E-state index is 0.754. The summed E-state index contributed by atoms with van der Waals surface area (Å²) in [6.45, 7) is 0. The fourth-order valence-electron chi connectivity index (χ4n) is 2.68. The van der Waals surface area contributed by atoms with Crippen LogP contribution in [0.5, 0.6) is 0 Å². The van der Waals surface area contributed by atoms with Gasteiger partial charge in [0.25, 0.3) is 0 Å². The first-order valence-corrected chi connectivity index (χ1v) is 7.21. The van der Waals surface area contributed by atoms with Crippen LogP contribution < -0.4 is 5.32 Å². The Hall–Kier alpha value is -2.45. The van der Waals surface area contributed by atoms with Gasteiger partial charge in [0.2, 0.25) is 0 Å². The number of hydrogen-bond acceptors (Lipinski definition) is 1. The molecule has 0 saturated carbocycles. The van der Waals surface area contributed by atoms with Gasteiger partial charge in [-0.2, -0.15) is 0 Å². The Labute approximate surface area is 127 Å². The molecule has 3 heteroatoms.